The zero-order valence-electron chi connectivity index (χ0n) is 11.8. The lowest BCUT2D eigenvalue weighted by molar-refractivity contribution is 0.525. The monoisotopic (exact) mass is 307 g/mol. The lowest BCUT2D eigenvalue weighted by atomic mass is 10.0. The molecule has 21 heavy (non-hydrogen) atoms. The average Bonchev–Trinajstić information content (AvgIpc) is 2.48. The predicted octanol–water partition coefficient (Wildman–Crippen LogP) is 3.65. The van der Waals surface area contributed by atoms with Crippen LogP contribution >= 0.6 is 0 Å². The van der Waals surface area contributed by atoms with E-state index in [-0.39, 0.29) is 10.9 Å². The van der Waals surface area contributed by atoms with Gasteiger partial charge in [-0.2, -0.15) is 0 Å². The van der Waals surface area contributed by atoms with Crippen LogP contribution in [-0.4, -0.2) is 8.42 Å². The zero-order chi connectivity index (χ0) is 15.3. The third-order valence-corrected chi connectivity index (χ3v) is 4.71. The van der Waals surface area contributed by atoms with E-state index in [1.54, 1.807) is 0 Å². The zero-order valence-corrected chi connectivity index (χ0v) is 12.6. The van der Waals surface area contributed by atoms with Crippen LogP contribution in [0.3, 0.4) is 0 Å². The summed E-state index contributed by atoms with van der Waals surface area (Å²) in [7, 11) is -3.89. The third kappa shape index (κ3) is 3.89. The third-order valence-electron chi connectivity index (χ3n) is 3.20. The van der Waals surface area contributed by atoms with Crippen molar-refractivity contribution in [3.63, 3.8) is 0 Å². The molecule has 1 atom stereocenters. The van der Waals surface area contributed by atoms with Gasteiger partial charge in [0.15, 0.2) is 0 Å². The fourth-order valence-corrected chi connectivity index (χ4v) is 3.52. The van der Waals surface area contributed by atoms with Gasteiger partial charge in [-0.1, -0.05) is 55.8 Å². The fourth-order valence-electron chi connectivity index (χ4n) is 2.18. The largest absolute Gasteiger partial charge is 0.244 e. The summed E-state index contributed by atoms with van der Waals surface area (Å²) in [6.07, 6.45) is 1.47. The maximum Gasteiger partial charge on any atom is 0.244 e. The maximum absolute atomic E-state index is 13.7. The number of hydrogen-bond acceptors (Lipinski definition) is 2. The van der Waals surface area contributed by atoms with Crippen molar-refractivity contribution in [2.45, 2.75) is 30.7 Å². The van der Waals surface area contributed by atoms with Crippen molar-refractivity contribution in [3.8, 4) is 0 Å². The van der Waals surface area contributed by atoms with E-state index in [9.17, 15) is 12.8 Å². The molecule has 0 aliphatic rings. The highest BCUT2D eigenvalue weighted by atomic mass is 32.2. The number of rotatable bonds is 6. The van der Waals surface area contributed by atoms with Crippen LogP contribution in [0.5, 0.6) is 0 Å². The molecule has 2 rings (SSSR count). The predicted molar refractivity (Wildman–Crippen MR) is 80.8 cm³/mol. The smallest absolute Gasteiger partial charge is 0.207 e. The maximum atomic E-state index is 13.7. The Balaban J connectivity index is 2.30. The molecule has 0 radical (unpaired) electrons. The number of sulfonamides is 1. The van der Waals surface area contributed by atoms with E-state index in [1.807, 2.05) is 37.3 Å². The van der Waals surface area contributed by atoms with Crippen molar-refractivity contribution >= 4 is 10.0 Å². The SMILES string of the molecule is CCCC(NS(=O)(=O)c1ccccc1F)c1ccccc1. The fraction of sp³-hybridized carbons (Fsp3) is 0.250. The van der Waals surface area contributed by atoms with Gasteiger partial charge in [-0.05, 0) is 24.1 Å². The number of nitrogens with one attached hydrogen (secondary N) is 1. The molecule has 3 nitrogen and oxygen atoms in total. The quantitative estimate of drug-likeness (QED) is 0.885. The summed E-state index contributed by atoms with van der Waals surface area (Å²) in [6, 6.07) is 14.3. The first-order valence-corrected chi connectivity index (χ1v) is 8.34. The molecular formula is C16H18FNO2S. The molecule has 0 fully saturated rings. The minimum atomic E-state index is -3.89. The Kier molecular flexibility index (Phi) is 5.09. The molecule has 0 saturated carbocycles. The van der Waals surface area contributed by atoms with Crippen molar-refractivity contribution in [1.29, 1.82) is 0 Å². The molecule has 0 aliphatic heterocycles. The van der Waals surface area contributed by atoms with E-state index in [1.165, 1.54) is 18.2 Å². The minimum absolute atomic E-state index is 0.318. The summed E-state index contributed by atoms with van der Waals surface area (Å²) in [4.78, 5) is -0.318. The van der Waals surface area contributed by atoms with Crippen molar-refractivity contribution in [2.75, 3.05) is 0 Å². The van der Waals surface area contributed by atoms with Gasteiger partial charge < -0.3 is 0 Å². The van der Waals surface area contributed by atoms with Gasteiger partial charge in [0, 0.05) is 6.04 Å². The summed E-state index contributed by atoms with van der Waals surface area (Å²) >= 11 is 0. The molecule has 112 valence electrons. The summed E-state index contributed by atoms with van der Waals surface area (Å²) < 4.78 is 41.0. The van der Waals surface area contributed by atoms with E-state index < -0.39 is 15.8 Å². The Bertz CT molecular complexity index is 686. The second-order valence-corrected chi connectivity index (χ2v) is 6.49. The van der Waals surface area contributed by atoms with E-state index in [0.29, 0.717) is 6.42 Å². The number of halogens is 1. The summed E-state index contributed by atoms with van der Waals surface area (Å²) in [5.41, 5.74) is 0.874. The molecule has 2 aromatic rings. The molecule has 0 spiro atoms. The average molecular weight is 307 g/mol. The highest BCUT2D eigenvalue weighted by Crippen LogP contribution is 2.22. The highest BCUT2D eigenvalue weighted by Gasteiger charge is 2.23. The first-order valence-electron chi connectivity index (χ1n) is 6.86. The molecule has 0 aliphatic carbocycles. The van der Waals surface area contributed by atoms with Gasteiger partial charge in [0.05, 0.1) is 0 Å². The molecular weight excluding hydrogens is 289 g/mol. The Morgan fingerprint density at radius 3 is 2.29 bits per heavy atom. The van der Waals surface area contributed by atoms with Gasteiger partial charge >= 0.3 is 0 Å². The van der Waals surface area contributed by atoms with Crippen LogP contribution in [0, 0.1) is 5.82 Å². The van der Waals surface area contributed by atoms with Crippen LogP contribution < -0.4 is 4.72 Å². The van der Waals surface area contributed by atoms with Gasteiger partial charge in [0.1, 0.15) is 10.7 Å². The van der Waals surface area contributed by atoms with E-state index in [4.69, 9.17) is 0 Å². The molecule has 2 aromatic carbocycles. The Labute approximate surface area is 124 Å². The minimum Gasteiger partial charge on any atom is -0.207 e. The van der Waals surface area contributed by atoms with Gasteiger partial charge in [-0.15, -0.1) is 0 Å². The number of benzene rings is 2. The lowest BCUT2D eigenvalue weighted by Gasteiger charge is -2.19. The molecule has 1 unspecified atom stereocenters. The summed E-state index contributed by atoms with van der Waals surface area (Å²) in [5.74, 6) is -0.742. The molecule has 0 bridgehead atoms. The second kappa shape index (κ2) is 6.83. The van der Waals surface area contributed by atoms with E-state index in [2.05, 4.69) is 4.72 Å². The normalized spacial score (nSPS) is 13.0. The van der Waals surface area contributed by atoms with Crippen molar-refractivity contribution in [2.24, 2.45) is 0 Å². The second-order valence-electron chi connectivity index (χ2n) is 4.80. The molecule has 0 heterocycles. The molecule has 0 amide bonds. The molecule has 0 saturated heterocycles. The van der Waals surface area contributed by atoms with Crippen LogP contribution in [-0.2, 0) is 10.0 Å². The number of hydrogen-bond donors (Lipinski definition) is 1. The summed E-state index contributed by atoms with van der Waals surface area (Å²) in [5, 5.41) is 0. The molecule has 5 heteroatoms. The lowest BCUT2D eigenvalue weighted by Crippen LogP contribution is -2.29. The molecule has 1 N–H and O–H groups in total. The van der Waals surface area contributed by atoms with Gasteiger partial charge in [-0.25, -0.2) is 17.5 Å². The van der Waals surface area contributed by atoms with Crippen LogP contribution in [0.15, 0.2) is 59.5 Å². The van der Waals surface area contributed by atoms with E-state index in [0.717, 1.165) is 18.1 Å². The Hall–Kier alpha value is -1.72. The van der Waals surface area contributed by atoms with Crippen LogP contribution in [0.25, 0.3) is 0 Å². The van der Waals surface area contributed by atoms with Gasteiger partial charge in [-0.3, -0.25) is 0 Å². The van der Waals surface area contributed by atoms with Crippen molar-refractivity contribution in [1.82, 2.24) is 4.72 Å². The molecule has 0 aromatic heterocycles. The van der Waals surface area contributed by atoms with Crippen LogP contribution in [0.2, 0.25) is 0 Å². The van der Waals surface area contributed by atoms with E-state index >= 15 is 0 Å². The van der Waals surface area contributed by atoms with Crippen molar-refractivity contribution in [3.05, 3.63) is 66.0 Å². The Morgan fingerprint density at radius 1 is 1.05 bits per heavy atom. The first-order chi connectivity index (χ1) is 10.0. The summed E-state index contributed by atoms with van der Waals surface area (Å²) in [6.45, 7) is 1.98. The van der Waals surface area contributed by atoms with Crippen molar-refractivity contribution < 1.29 is 12.8 Å². The van der Waals surface area contributed by atoms with Gasteiger partial charge in [0.25, 0.3) is 0 Å². The highest BCUT2D eigenvalue weighted by molar-refractivity contribution is 7.89. The first kappa shape index (κ1) is 15.7. The van der Waals surface area contributed by atoms with Gasteiger partial charge in [0.2, 0.25) is 10.0 Å². The standard InChI is InChI=1S/C16H18FNO2S/c1-2-8-15(13-9-4-3-5-10-13)18-21(19,20)16-12-7-6-11-14(16)17/h3-7,9-12,15,18H,2,8H2,1H3. The topological polar surface area (TPSA) is 46.2 Å². The van der Waals surface area contributed by atoms with Crippen LogP contribution in [0.1, 0.15) is 31.4 Å². The Morgan fingerprint density at radius 2 is 1.67 bits per heavy atom. The van der Waals surface area contributed by atoms with Crippen LogP contribution in [0.4, 0.5) is 4.39 Å².